The zero-order chi connectivity index (χ0) is 13.7. The summed E-state index contributed by atoms with van der Waals surface area (Å²) in [6.45, 7) is 2.29. The van der Waals surface area contributed by atoms with E-state index in [1.165, 1.54) is 37.8 Å². The maximum Gasteiger partial charge on any atom is 0.0483 e. The van der Waals surface area contributed by atoms with Crippen LogP contribution in [0.1, 0.15) is 44.6 Å². The summed E-state index contributed by atoms with van der Waals surface area (Å²) in [5, 5.41) is 3.70. The van der Waals surface area contributed by atoms with Crippen LogP contribution in [0.2, 0.25) is 0 Å². The highest BCUT2D eigenvalue weighted by Gasteiger charge is 2.23. The van der Waals surface area contributed by atoms with E-state index in [-0.39, 0.29) is 0 Å². The molecule has 1 aliphatic carbocycles. The van der Waals surface area contributed by atoms with Crippen molar-refractivity contribution < 1.29 is 4.21 Å². The quantitative estimate of drug-likeness (QED) is 0.884. The molecule has 2 nitrogen and oxygen atoms in total. The summed E-state index contributed by atoms with van der Waals surface area (Å²) in [7, 11) is -0.768. The van der Waals surface area contributed by atoms with Gasteiger partial charge >= 0.3 is 0 Å². The Morgan fingerprint density at radius 3 is 2.84 bits per heavy atom. The third-order valence-corrected chi connectivity index (χ3v) is 4.82. The molecule has 1 aromatic carbocycles. The van der Waals surface area contributed by atoms with E-state index in [2.05, 4.69) is 36.5 Å². The third-order valence-electron chi connectivity index (χ3n) is 4.08. The Morgan fingerprint density at radius 2 is 2.11 bits per heavy atom. The summed E-state index contributed by atoms with van der Waals surface area (Å²) in [5.74, 6) is 1.45. The van der Waals surface area contributed by atoms with Gasteiger partial charge in [0.15, 0.2) is 0 Å². The highest BCUT2D eigenvalue weighted by Crippen LogP contribution is 2.29. The predicted molar refractivity (Wildman–Crippen MR) is 83.9 cm³/mol. The van der Waals surface area contributed by atoms with Gasteiger partial charge in [-0.05, 0) is 36.5 Å². The average molecular weight is 279 g/mol. The van der Waals surface area contributed by atoms with Gasteiger partial charge in [-0.25, -0.2) is 0 Å². The minimum atomic E-state index is -0.768. The maximum absolute atomic E-state index is 11.3. The summed E-state index contributed by atoms with van der Waals surface area (Å²) in [4.78, 5) is 0. The van der Waals surface area contributed by atoms with Gasteiger partial charge < -0.3 is 5.32 Å². The number of anilines is 1. The number of benzene rings is 1. The Hall–Kier alpha value is -0.830. The summed E-state index contributed by atoms with van der Waals surface area (Å²) in [6.07, 6.45) is 8.37. The van der Waals surface area contributed by atoms with Gasteiger partial charge in [-0.1, -0.05) is 38.3 Å². The van der Waals surface area contributed by atoms with Crippen molar-refractivity contribution in [3.63, 3.8) is 0 Å². The molecule has 0 saturated heterocycles. The second-order valence-electron chi connectivity index (χ2n) is 5.62. The van der Waals surface area contributed by atoms with E-state index in [4.69, 9.17) is 0 Å². The molecule has 1 N–H and O–H groups in total. The van der Waals surface area contributed by atoms with Crippen molar-refractivity contribution >= 4 is 16.5 Å². The lowest BCUT2D eigenvalue weighted by atomic mass is 9.83. The lowest BCUT2D eigenvalue weighted by Crippen LogP contribution is -2.31. The van der Waals surface area contributed by atoms with E-state index >= 15 is 0 Å². The monoisotopic (exact) mass is 279 g/mol. The topological polar surface area (TPSA) is 29.1 Å². The summed E-state index contributed by atoms with van der Waals surface area (Å²) in [5.41, 5.74) is 2.35. The molecule has 1 fully saturated rings. The van der Waals surface area contributed by atoms with Gasteiger partial charge in [0.05, 0.1) is 0 Å². The van der Waals surface area contributed by atoms with E-state index in [1.807, 2.05) is 0 Å². The first-order valence-electron chi connectivity index (χ1n) is 7.34. The number of hydrogen-bond donors (Lipinski definition) is 1. The van der Waals surface area contributed by atoms with Crippen molar-refractivity contribution in [1.29, 1.82) is 0 Å². The highest BCUT2D eigenvalue weighted by atomic mass is 32.2. The largest absolute Gasteiger partial charge is 0.382 e. The fraction of sp³-hybridized carbons (Fsp3) is 0.625. The summed E-state index contributed by atoms with van der Waals surface area (Å²) >= 11 is 0. The van der Waals surface area contributed by atoms with Gasteiger partial charge in [-0.2, -0.15) is 0 Å². The molecule has 0 heterocycles. The zero-order valence-electron chi connectivity index (χ0n) is 12.0. The molecule has 0 aromatic heterocycles. The van der Waals surface area contributed by atoms with E-state index in [0.29, 0.717) is 11.8 Å². The highest BCUT2D eigenvalue weighted by molar-refractivity contribution is 7.83. The predicted octanol–water partition coefficient (Wildman–Crippen LogP) is 3.95. The molecule has 0 aliphatic heterocycles. The van der Waals surface area contributed by atoms with Crippen LogP contribution in [0.3, 0.4) is 0 Å². The average Bonchev–Trinajstić information content (AvgIpc) is 2.39. The van der Waals surface area contributed by atoms with Crippen molar-refractivity contribution in [3.05, 3.63) is 29.8 Å². The van der Waals surface area contributed by atoms with Crippen LogP contribution >= 0.6 is 0 Å². The molecule has 0 bridgehead atoms. The van der Waals surface area contributed by atoms with Gasteiger partial charge in [-0.3, -0.25) is 4.21 Å². The Balaban J connectivity index is 2.03. The van der Waals surface area contributed by atoms with Gasteiger partial charge in [0.2, 0.25) is 0 Å². The van der Waals surface area contributed by atoms with E-state index in [9.17, 15) is 4.21 Å². The molecule has 0 amide bonds. The SMILES string of the molecule is CC[C@@H]1CCCC[C@@H]1Nc1cccc(C[S@](C)=O)c1. The maximum atomic E-state index is 11.3. The standard InChI is InChI=1S/C16H25NOS/c1-3-14-8-4-5-10-16(14)17-15-9-6-7-13(11-15)12-19(2)18/h6-7,9,11,14,16-17H,3-5,8,10,12H2,1-2H3/t14-,16+,19+/m1/s1. The van der Waals surface area contributed by atoms with Crippen LogP contribution in [0.15, 0.2) is 24.3 Å². The number of hydrogen-bond acceptors (Lipinski definition) is 2. The molecule has 19 heavy (non-hydrogen) atoms. The minimum Gasteiger partial charge on any atom is -0.382 e. The van der Waals surface area contributed by atoms with Crippen LogP contribution in [0.25, 0.3) is 0 Å². The van der Waals surface area contributed by atoms with E-state index in [0.717, 1.165) is 11.5 Å². The van der Waals surface area contributed by atoms with Crippen LogP contribution in [0.4, 0.5) is 5.69 Å². The molecule has 0 unspecified atom stereocenters. The molecule has 2 rings (SSSR count). The molecule has 1 saturated carbocycles. The van der Waals surface area contributed by atoms with Crippen LogP contribution in [0, 0.1) is 5.92 Å². The lowest BCUT2D eigenvalue weighted by Gasteiger charge is -2.32. The van der Waals surface area contributed by atoms with Crippen molar-refractivity contribution in [2.24, 2.45) is 5.92 Å². The van der Waals surface area contributed by atoms with Gasteiger partial charge in [0.25, 0.3) is 0 Å². The van der Waals surface area contributed by atoms with Gasteiger partial charge in [0.1, 0.15) is 0 Å². The van der Waals surface area contributed by atoms with E-state index in [1.54, 1.807) is 6.26 Å². The Bertz CT molecular complexity index is 433. The second-order valence-corrected chi connectivity index (χ2v) is 7.06. The Kier molecular flexibility index (Phi) is 5.44. The Labute approximate surface area is 119 Å². The van der Waals surface area contributed by atoms with Gasteiger partial charge in [0, 0.05) is 34.5 Å². The molecule has 106 valence electrons. The first kappa shape index (κ1) is 14.6. The summed E-state index contributed by atoms with van der Waals surface area (Å²) < 4.78 is 11.3. The summed E-state index contributed by atoms with van der Waals surface area (Å²) in [6, 6.07) is 9.02. The first-order chi connectivity index (χ1) is 9.19. The molecule has 0 radical (unpaired) electrons. The van der Waals surface area contributed by atoms with Crippen LogP contribution in [0.5, 0.6) is 0 Å². The van der Waals surface area contributed by atoms with Crippen molar-refractivity contribution in [2.45, 2.75) is 50.8 Å². The number of nitrogens with one attached hydrogen (secondary N) is 1. The first-order valence-corrected chi connectivity index (χ1v) is 9.07. The fourth-order valence-corrected chi connectivity index (χ4v) is 3.73. The van der Waals surface area contributed by atoms with Crippen LogP contribution in [-0.4, -0.2) is 16.5 Å². The Morgan fingerprint density at radius 1 is 1.32 bits per heavy atom. The van der Waals surface area contributed by atoms with Crippen molar-refractivity contribution in [2.75, 3.05) is 11.6 Å². The molecular formula is C16H25NOS. The minimum absolute atomic E-state index is 0.612. The number of rotatable bonds is 5. The molecule has 1 aromatic rings. The molecule has 3 atom stereocenters. The van der Waals surface area contributed by atoms with Crippen LogP contribution < -0.4 is 5.32 Å². The van der Waals surface area contributed by atoms with Crippen molar-refractivity contribution in [3.8, 4) is 0 Å². The fourth-order valence-electron chi connectivity index (χ4n) is 3.09. The van der Waals surface area contributed by atoms with Crippen LogP contribution in [-0.2, 0) is 16.6 Å². The second kappa shape index (κ2) is 7.09. The smallest absolute Gasteiger partial charge is 0.0483 e. The molecule has 1 aliphatic rings. The lowest BCUT2D eigenvalue weighted by molar-refractivity contribution is 0.317. The zero-order valence-corrected chi connectivity index (χ0v) is 12.8. The molecular weight excluding hydrogens is 254 g/mol. The molecule has 3 heteroatoms. The van der Waals surface area contributed by atoms with Gasteiger partial charge in [-0.15, -0.1) is 0 Å². The van der Waals surface area contributed by atoms with E-state index < -0.39 is 10.8 Å². The molecule has 0 spiro atoms. The third kappa shape index (κ3) is 4.34. The van der Waals surface area contributed by atoms with Crippen molar-refractivity contribution in [1.82, 2.24) is 0 Å². The normalized spacial score (nSPS) is 24.9.